The number of fused-ring (bicyclic) bond motifs is 1. The molecule has 0 aromatic heterocycles. The summed E-state index contributed by atoms with van der Waals surface area (Å²) in [6.07, 6.45) is 1.63. The minimum absolute atomic E-state index is 0.184. The molecule has 4 nitrogen and oxygen atoms in total. The topological polar surface area (TPSA) is 52.6 Å². The van der Waals surface area contributed by atoms with Gasteiger partial charge in [0.25, 0.3) is 0 Å². The largest absolute Gasteiger partial charge is 0.490 e. The van der Waals surface area contributed by atoms with Crippen LogP contribution in [-0.2, 0) is 0 Å². The minimum atomic E-state index is -0.234. The Hall–Kier alpha value is -2.15. The molecule has 0 radical (unpaired) electrons. The third-order valence-electron chi connectivity index (χ3n) is 3.84. The molecule has 25 heavy (non-hydrogen) atoms. The summed E-state index contributed by atoms with van der Waals surface area (Å²) >= 11 is 2.17. The van der Waals surface area contributed by atoms with Crippen molar-refractivity contribution in [3.8, 4) is 11.5 Å². The molecule has 0 unspecified atom stereocenters. The monoisotopic (exact) mass is 448 g/mol. The molecule has 2 aromatic carbocycles. The summed E-state index contributed by atoms with van der Waals surface area (Å²) in [4.78, 5) is 25.1. The highest BCUT2D eigenvalue weighted by Gasteiger charge is 2.32. The smallest absolute Gasteiger partial charge is 0.197 e. The number of ketones is 2. The number of allylic oxidation sites excluding steroid dienone is 1. The molecule has 0 fully saturated rings. The number of benzene rings is 2. The number of ether oxygens (including phenoxy) is 2. The first-order valence-electron chi connectivity index (χ1n) is 8.06. The first kappa shape index (κ1) is 17.7. The van der Waals surface area contributed by atoms with Gasteiger partial charge >= 0.3 is 0 Å². The maximum atomic E-state index is 12.5. The van der Waals surface area contributed by atoms with E-state index in [0.29, 0.717) is 35.8 Å². The highest BCUT2D eigenvalue weighted by Crippen LogP contribution is 2.36. The molecule has 1 aliphatic rings. The average Bonchev–Trinajstić information content (AvgIpc) is 2.84. The first-order valence-corrected chi connectivity index (χ1v) is 9.14. The maximum Gasteiger partial charge on any atom is 0.197 e. The lowest BCUT2D eigenvalue weighted by Gasteiger charge is -2.13. The van der Waals surface area contributed by atoms with Crippen molar-refractivity contribution >= 4 is 40.2 Å². The molecule has 0 saturated carbocycles. The Bertz CT molecular complexity index is 846. The molecule has 5 heteroatoms. The standard InChI is InChI=1S/C20H17IO4/c1-3-24-17-11-12(10-16(21)20(17)25-4-2)9-15-18(22)13-7-5-6-8-14(13)19(15)23/h5-11H,3-4H2,1-2H3. The van der Waals surface area contributed by atoms with Gasteiger partial charge in [0.05, 0.1) is 22.4 Å². The number of rotatable bonds is 5. The molecule has 2 aromatic rings. The van der Waals surface area contributed by atoms with Crippen molar-refractivity contribution in [1.82, 2.24) is 0 Å². The van der Waals surface area contributed by atoms with Gasteiger partial charge in [-0.1, -0.05) is 24.3 Å². The van der Waals surface area contributed by atoms with E-state index in [2.05, 4.69) is 22.6 Å². The molecule has 128 valence electrons. The van der Waals surface area contributed by atoms with Gasteiger partial charge in [-0.05, 0) is 60.2 Å². The second-order valence-electron chi connectivity index (χ2n) is 5.46. The molecule has 0 N–H and O–H groups in total. The van der Waals surface area contributed by atoms with Crippen molar-refractivity contribution in [2.75, 3.05) is 13.2 Å². The van der Waals surface area contributed by atoms with E-state index in [0.717, 1.165) is 9.13 Å². The number of Topliss-reactive ketones (excluding diaryl/α,β-unsaturated/α-hetero) is 2. The van der Waals surface area contributed by atoms with E-state index < -0.39 is 0 Å². The highest BCUT2D eigenvalue weighted by atomic mass is 127. The highest BCUT2D eigenvalue weighted by molar-refractivity contribution is 14.1. The Morgan fingerprint density at radius 2 is 1.56 bits per heavy atom. The lowest BCUT2D eigenvalue weighted by molar-refractivity contribution is 0.0990. The molecular formula is C20H17IO4. The summed E-state index contributed by atoms with van der Waals surface area (Å²) in [7, 11) is 0. The van der Waals surface area contributed by atoms with Crippen LogP contribution in [0.25, 0.3) is 6.08 Å². The SMILES string of the molecule is CCOc1cc(C=C2C(=O)c3ccccc3C2=O)cc(I)c1OCC. The van der Waals surface area contributed by atoms with Crippen LogP contribution in [0.1, 0.15) is 40.1 Å². The van der Waals surface area contributed by atoms with Crippen molar-refractivity contribution in [3.63, 3.8) is 0 Å². The predicted octanol–water partition coefficient (Wildman–Crippen LogP) is 4.55. The maximum absolute atomic E-state index is 12.5. The van der Waals surface area contributed by atoms with Crippen LogP contribution in [-0.4, -0.2) is 24.8 Å². The summed E-state index contributed by atoms with van der Waals surface area (Å²) in [5.74, 6) is 0.822. The molecule has 0 atom stereocenters. The number of carbonyl (C=O) groups is 2. The summed E-state index contributed by atoms with van der Waals surface area (Å²) < 4.78 is 12.2. The lowest BCUT2D eigenvalue weighted by atomic mass is 10.1. The fourth-order valence-electron chi connectivity index (χ4n) is 2.79. The van der Waals surface area contributed by atoms with Crippen LogP contribution in [0.15, 0.2) is 42.0 Å². The van der Waals surface area contributed by atoms with Gasteiger partial charge in [-0.2, -0.15) is 0 Å². The van der Waals surface area contributed by atoms with E-state index in [1.165, 1.54) is 0 Å². The van der Waals surface area contributed by atoms with Gasteiger partial charge in [-0.25, -0.2) is 0 Å². The molecule has 0 aliphatic heterocycles. The zero-order chi connectivity index (χ0) is 18.0. The van der Waals surface area contributed by atoms with E-state index in [1.54, 1.807) is 36.4 Å². The second kappa shape index (κ2) is 7.39. The van der Waals surface area contributed by atoms with Gasteiger partial charge in [-0.3, -0.25) is 9.59 Å². The molecule has 0 spiro atoms. The molecular weight excluding hydrogens is 431 g/mol. The number of carbonyl (C=O) groups excluding carboxylic acids is 2. The van der Waals surface area contributed by atoms with Crippen LogP contribution in [0.4, 0.5) is 0 Å². The molecule has 0 bridgehead atoms. The molecule has 0 heterocycles. The van der Waals surface area contributed by atoms with Crippen LogP contribution >= 0.6 is 22.6 Å². The van der Waals surface area contributed by atoms with Gasteiger partial charge in [0.2, 0.25) is 0 Å². The molecule has 3 rings (SSSR count). The zero-order valence-corrected chi connectivity index (χ0v) is 16.1. The summed E-state index contributed by atoms with van der Waals surface area (Å²) in [5.41, 5.74) is 1.85. The van der Waals surface area contributed by atoms with Crippen LogP contribution < -0.4 is 9.47 Å². The molecule has 0 saturated heterocycles. The van der Waals surface area contributed by atoms with E-state index in [1.807, 2.05) is 19.9 Å². The van der Waals surface area contributed by atoms with Crippen LogP contribution in [0.2, 0.25) is 0 Å². The number of hydrogen-bond acceptors (Lipinski definition) is 4. The molecule has 0 amide bonds. The normalized spacial score (nSPS) is 13.0. The Kier molecular flexibility index (Phi) is 5.22. The Morgan fingerprint density at radius 3 is 2.12 bits per heavy atom. The summed E-state index contributed by atoms with van der Waals surface area (Å²) in [6, 6.07) is 10.6. The van der Waals surface area contributed by atoms with Crippen molar-refractivity contribution in [3.05, 3.63) is 62.2 Å². The van der Waals surface area contributed by atoms with Gasteiger partial charge in [0.15, 0.2) is 23.1 Å². The third-order valence-corrected chi connectivity index (χ3v) is 4.64. The Morgan fingerprint density at radius 1 is 0.960 bits per heavy atom. The average molecular weight is 448 g/mol. The zero-order valence-electron chi connectivity index (χ0n) is 14.0. The predicted molar refractivity (Wildman–Crippen MR) is 105 cm³/mol. The fourth-order valence-corrected chi connectivity index (χ4v) is 3.57. The van der Waals surface area contributed by atoms with Gasteiger partial charge in [-0.15, -0.1) is 0 Å². The van der Waals surface area contributed by atoms with Crippen LogP contribution in [0.5, 0.6) is 11.5 Å². The fraction of sp³-hybridized carbons (Fsp3) is 0.200. The third kappa shape index (κ3) is 3.33. The number of halogens is 1. The minimum Gasteiger partial charge on any atom is -0.490 e. The van der Waals surface area contributed by atoms with Crippen LogP contribution in [0.3, 0.4) is 0 Å². The molecule has 1 aliphatic carbocycles. The number of hydrogen-bond donors (Lipinski definition) is 0. The van der Waals surface area contributed by atoms with Crippen molar-refractivity contribution < 1.29 is 19.1 Å². The van der Waals surface area contributed by atoms with E-state index >= 15 is 0 Å². The van der Waals surface area contributed by atoms with Gasteiger partial charge in [0, 0.05) is 11.1 Å². The quantitative estimate of drug-likeness (QED) is 0.383. The first-order chi connectivity index (χ1) is 12.1. The van der Waals surface area contributed by atoms with E-state index in [9.17, 15) is 9.59 Å². The van der Waals surface area contributed by atoms with Crippen molar-refractivity contribution in [2.45, 2.75) is 13.8 Å². The van der Waals surface area contributed by atoms with Crippen molar-refractivity contribution in [1.29, 1.82) is 0 Å². The van der Waals surface area contributed by atoms with Gasteiger partial charge in [0.1, 0.15) is 0 Å². The van der Waals surface area contributed by atoms with E-state index in [4.69, 9.17) is 9.47 Å². The summed E-state index contributed by atoms with van der Waals surface area (Å²) in [5, 5.41) is 0. The lowest BCUT2D eigenvalue weighted by Crippen LogP contribution is -2.02. The van der Waals surface area contributed by atoms with Crippen LogP contribution in [0, 0.1) is 3.57 Å². The summed E-state index contributed by atoms with van der Waals surface area (Å²) in [6.45, 7) is 4.84. The van der Waals surface area contributed by atoms with E-state index in [-0.39, 0.29) is 17.1 Å². The van der Waals surface area contributed by atoms with Gasteiger partial charge < -0.3 is 9.47 Å². The Balaban J connectivity index is 2.05. The Labute approximate surface area is 160 Å². The van der Waals surface area contributed by atoms with Crippen molar-refractivity contribution in [2.24, 2.45) is 0 Å². The second-order valence-corrected chi connectivity index (χ2v) is 6.62.